The topological polar surface area (TPSA) is 81.1 Å². The van der Waals surface area contributed by atoms with Crippen LogP contribution in [0.5, 0.6) is 5.75 Å². The number of hydrogen-bond acceptors (Lipinski definition) is 5. The second-order valence-electron chi connectivity index (χ2n) is 6.37. The minimum Gasteiger partial charge on any atom is -0.497 e. The van der Waals surface area contributed by atoms with Crippen LogP contribution in [-0.4, -0.2) is 46.4 Å². The molecule has 0 saturated heterocycles. The molecular formula is C18H25N5O2. The molecule has 0 aliphatic carbocycles. The van der Waals surface area contributed by atoms with Crippen molar-refractivity contribution in [2.75, 3.05) is 13.7 Å². The SMILES string of the molecule is COc1ccc(CCNC(=O)C(C)NC2CCc3ncnn3C2)cc1. The van der Waals surface area contributed by atoms with Gasteiger partial charge in [0.25, 0.3) is 0 Å². The van der Waals surface area contributed by atoms with E-state index < -0.39 is 0 Å². The van der Waals surface area contributed by atoms with E-state index in [1.54, 1.807) is 13.4 Å². The van der Waals surface area contributed by atoms with Crippen LogP contribution in [-0.2, 0) is 24.2 Å². The maximum Gasteiger partial charge on any atom is 0.236 e. The highest BCUT2D eigenvalue weighted by atomic mass is 16.5. The number of carbonyl (C=O) groups is 1. The van der Waals surface area contributed by atoms with E-state index in [4.69, 9.17) is 4.74 Å². The van der Waals surface area contributed by atoms with Crippen LogP contribution >= 0.6 is 0 Å². The van der Waals surface area contributed by atoms with Crippen molar-refractivity contribution in [3.8, 4) is 5.75 Å². The van der Waals surface area contributed by atoms with E-state index in [0.717, 1.165) is 37.4 Å². The van der Waals surface area contributed by atoms with Gasteiger partial charge in [-0.15, -0.1) is 0 Å². The summed E-state index contributed by atoms with van der Waals surface area (Å²) in [7, 11) is 1.65. The summed E-state index contributed by atoms with van der Waals surface area (Å²) in [5, 5.41) is 10.6. The van der Waals surface area contributed by atoms with E-state index in [1.807, 2.05) is 35.9 Å². The molecule has 0 bridgehead atoms. The lowest BCUT2D eigenvalue weighted by molar-refractivity contribution is -0.123. The number of benzene rings is 1. The van der Waals surface area contributed by atoms with E-state index >= 15 is 0 Å². The van der Waals surface area contributed by atoms with Crippen molar-refractivity contribution in [2.45, 2.75) is 44.8 Å². The molecule has 1 aromatic heterocycles. The zero-order valence-electron chi connectivity index (χ0n) is 14.7. The molecule has 1 aliphatic heterocycles. The number of methoxy groups -OCH3 is 1. The molecule has 0 saturated carbocycles. The van der Waals surface area contributed by atoms with E-state index in [1.165, 1.54) is 5.56 Å². The number of aromatic nitrogens is 3. The fourth-order valence-electron chi connectivity index (χ4n) is 3.08. The molecule has 1 aromatic carbocycles. The first-order valence-corrected chi connectivity index (χ1v) is 8.69. The number of hydrogen-bond donors (Lipinski definition) is 2. The van der Waals surface area contributed by atoms with E-state index in [2.05, 4.69) is 20.7 Å². The summed E-state index contributed by atoms with van der Waals surface area (Å²) >= 11 is 0. The Morgan fingerprint density at radius 1 is 1.40 bits per heavy atom. The Morgan fingerprint density at radius 3 is 2.96 bits per heavy atom. The van der Waals surface area contributed by atoms with Crippen LogP contribution in [0.15, 0.2) is 30.6 Å². The van der Waals surface area contributed by atoms with Crippen molar-refractivity contribution < 1.29 is 9.53 Å². The van der Waals surface area contributed by atoms with Crippen molar-refractivity contribution in [3.05, 3.63) is 42.0 Å². The van der Waals surface area contributed by atoms with Gasteiger partial charge in [-0.05, 0) is 37.5 Å². The molecule has 2 unspecified atom stereocenters. The second kappa shape index (κ2) is 8.11. The van der Waals surface area contributed by atoms with Gasteiger partial charge in [0.1, 0.15) is 17.9 Å². The number of nitrogens with zero attached hydrogens (tertiary/aromatic N) is 3. The molecule has 0 fully saturated rings. The van der Waals surface area contributed by atoms with Crippen molar-refractivity contribution >= 4 is 5.91 Å². The summed E-state index contributed by atoms with van der Waals surface area (Å²) in [6, 6.07) is 7.92. The third kappa shape index (κ3) is 4.57. The van der Waals surface area contributed by atoms with E-state index in [0.29, 0.717) is 6.54 Å². The Kier molecular flexibility index (Phi) is 5.65. The molecule has 2 aromatic rings. The molecule has 0 spiro atoms. The standard InChI is InChI=1S/C18H25N5O2/c1-13(22-15-5-8-17-20-12-21-23(17)11-15)18(24)19-10-9-14-3-6-16(25-2)7-4-14/h3-4,6-7,12-13,15,22H,5,8-11H2,1-2H3,(H,19,24). The molecule has 25 heavy (non-hydrogen) atoms. The fraction of sp³-hybridized carbons (Fsp3) is 0.500. The molecule has 7 heteroatoms. The molecule has 134 valence electrons. The highest BCUT2D eigenvalue weighted by Crippen LogP contribution is 2.12. The Labute approximate surface area is 147 Å². The van der Waals surface area contributed by atoms with E-state index in [9.17, 15) is 4.79 Å². The summed E-state index contributed by atoms with van der Waals surface area (Å²) in [5.74, 6) is 1.89. The molecule has 2 heterocycles. The third-order valence-electron chi connectivity index (χ3n) is 4.56. The van der Waals surface area contributed by atoms with Crippen molar-refractivity contribution in [1.82, 2.24) is 25.4 Å². The smallest absolute Gasteiger partial charge is 0.236 e. The zero-order valence-corrected chi connectivity index (χ0v) is 14.7. The Hall–Kier alpha value is -2.41. The number of ether oxygens (including phenoxy) is 1. The van der Waals surface area contributed by atoms with Crippen molar-refractivity contribution in [2.24, 2.45) is 0 Å². The summed E-state index contributed by atoms with van der Waals surface area (Å²) in [6.45, 7) is 3.29. The van der Waals surface area contributed by atoms with Crippen LogP contribution in [0.25, 0.3) is 0 Å². The summed E-state index contributed by atoms with van der Waals surface area (Å²) < 4.78 is 7.06. The van der Waals surface area contributed by atoms with Gasteiger partial charge in [0.2, 0.25) is 5.91 Å². The van der Waals surface area contributed by atoms with Crippen LogP contribution in [0.3, 0.4) is 0 Å². The van der Waals surface area contributed by atoms with Gasteiger partial charge in [-0.25, -0.2) is 9.67 Å². The van der Waals surface area contributed by atoms with Gasteiger partial charge in [-0.1, -0.05) is 12.1 Å². The first-order valence-electron chi connectivity index (χ1n) is 8.69. The van der Waals surface area contributed by atoms with Crippen molar-refractivity contribution in [1.29, 1.82) is 0 Å². The minimum atomic E-state index is -0.231. The predicted octanol–water partition coefficient (Wildman–Crippen LogP) is 0.939. The average Bonchev–Trinajstić information content (AvgIpc) is 3.10. The monoisotopic (exact) mass is 343 g/mol. The number of amides is 1. The normalized spacial score (nSPS) is 17.6. The Balaban J connectivity index is 1.40. The van der Waals surface area contributed by atoms with Gasteiger partial charge >= 0.3 is 0 Å². The molecule has 3 rings (SSSR count). The lowest BCUT2D eigenvalue weighted by Crippen LogP contribution is -2.49. The van der Waals surface area contributed by atoms with Gasteiger partial charge in [-0.3, -0.25) is 4.79 Å². The highest BCUT2D eigenvalue weighted by molar-refractivity contribution is 5.81. The van der Waals surface area contributed by atoms with Crippen LogP contribution in [0.2, 0.25) is 0 Å². The Morgan fingerprint density at radius 2 is 2.20 bits per heavy atom. The number of fused-ring (bicyclic) bond motifs is 1. The molecule has 2 N–H and O–H groups in total. The molecule has 0 radical (unpaired) electrons. The molecular weight excluding hydrogens is 318 g/mol. The van der Waals surface area contributed by atoms with Gasteiger partial charge in [0, 0.05) is 19.0 Å². The molecule has 2 atom stereocenters. The first-order chi connectivity index (χ1) is 12.2. The molecule has 1 amide bonds. The lowest BCUT2D eigenvalue weighted by Gasteiger charge is -2.26. The molecule has 7 nitrogen and oxygen atoms in total. The van der Waals surface area contributed by atoms with Crippen LogP contribution in [0, 0.1) is 0 Å². The van der Waals surface area contributed by atoms with Gasteiger partial charge < -0.3 is 15.4 Å². The van der Waals surface area contributed by atoms with Crippen LogP contribution in [0.4, 0.5) is 0 Å². The Bertz CT molecular complexity index is 698. The second-order valence-corrected chi connectivity index (χ2v) is 6.37. The number of aryl methyl sites for hydroxylation is 1. The quantitative estimate of drug-likeness (QED) is 0.782. The van der Waals surface area contributed by atoms with E-state index in [-0.39, 0.29) is 18.0 Å². The van der Waals surface area contributed by atoms with Gasteiger partial charge in [0.15, 0.2) is 0 Å². The first kappa shape index (κ1) is 17.4. The average molecular weight is 343 g/mol. The lowest BCUT2D eigenvalue weighted by atomic mass is 10.1. The van der Waals surface area contributed by atoms with Crippen LogP contribution < -0.4 is 15.4 Å². The number of nitrogens with one attached hydrogen (secondary N) is 2. The fourth-order valence-corrected chi connectivity index (χ4v) is 3.08. The number of rotatable bonds is 7. The predicted molar refractivity (Wildman–Crippen MR) is 94.4 cm³/mol. The summed E-state index contributed by atoms with van der Waals surface area (Å²) in [6.07, 6.45) is 4.26. The number of carbonyl (C=O) groups excluding carboxylic acids is 1. The highest BCUT2D eigenvalue weighted by Gasteiger charge is 2.23. The summed E-state index contributed by atoms with van der Waals surface area (Å²) in [5.41, 5.74) is 1.17. The molecule has 1 aliphatic rings. The maximum absolute atomic E-state index is 12.3. The van der Waals surface area contributed by atoms with Crippen LogP contribution in [0.1, 0.15) is 24.7 Å². The zero-order chi connectivity index (χ0) is 17.6. The van der Waals surface area contributed by atoms with Crippen molar-refractivity contribution in [3.63, 3.8) is 0 Å². The third-order valence-corrected chi connectivity index (χ3v) is 4.56. The largest absolute Gasteiger partial charge is 0.497 e. The minimum absolute atomic E-state index is 0.0258. The van der Waals surface area contributed by atoms with Gasteiger partial charge in [0.05, 0.1) is 19.7 Å². The summed E-state index contributed by atoms with van der Waals surface area (Å²) in [4.78, 5) is 16.5. The van der Waals surface area contributed by atoms with Gasteiger partial charge in [-0.2, -0.15) is 5.10 Å². The maximum atomic E-state index is 12.3.